The van der Waals surface area contributed by atoms with E-state index in [4.69, 9.17) is 4.98 Å². The van der Waals surface area contributed by atoms with Crippen molar-refractivity contribution in [3.8, 4) is 11.3 Å². The number of nitrogens with zero attached hydrogens (tertiary/aromatic N) is 3. The minimum atomic E-state index is -0.195. The minimum Gasteiger partial charge on any atom is -0.300 e. The molecule has 0 aliphatic carbocycles. The molecule has 0 saturated carbocycles. The Kier molecular flexibility index (Phi) is 5.67. The van der Waals surface area contributed by atoms with Crippen LogP contribution in [0.5, 0.6) is 0 Å². The van der Waals surface area contributed by atoms with Gasteiger partial charge in [-0.2, -0.15) is 5.10 Å². The van der Waals surface area contributed by atoms with Gasteiger partial charge in [0, 0.05) is 48.6 Å². The highest BCUT2D eigenvalue weighted by Gasteiger charge is 2.18. The van der Waals surface area contributed by atoms with Gasteiger partial charge in [-0.1, -0.05) is 48.5 Å². The predicted octanol–water partition coefficient (Wildman–Crippen LogP) is 4.49. The number of hydrogen-bond acceptors (Lipinski definition) is 4. The number of para-hydroxylation sites is 1. The summed E-state index contributed by atoms with van der Waals surface area (Å²) in [5, 5.41) is 5.27. The van der Waals surface area contributed by atoms with E-state index in [1.165, 1.54) is 0 Å². The summed E-state index contributed by atoms with van der Waals surface area (Å²) in [4.78, 5) is 20.2. The summed E-state index contributed by atoms with van der Waals surface area (Å²) >= 11 is 0. The number of piperidine rings is 1. The third-order valence-electron chi connectivity index (χ3n) is 5.45. The van der Waals surface area contributed by atoms with Gasteiger partial charge in [0.2, 0.25) is 0 Å². The number of pyridine rings is 1. The number of aromatic nitrogens is 1. The van der Waals surface area contributed by atoms with E-state index in [1.807, 2.05) is 60.7 Å². The number of hydrogen-bond donors (Lipinski definition) is 1. The molecule has 0 atom stereocenters. The van der Waals surface area contributed by atoms with E-state index in [0.717, 1.165) is 53.8 Å². The quantitative estimate of drug-likeness (QED) is 0.672. The van der Waals surface area contributed by atoms with Crippen molar-refractivity contribution in [2.45, 2.75) is 32.7 Å². The van der Waals surface area contributed by atoms with Gasteiger partial charge in [0.1, 0.15) is 0 Å². The summed E-state index contributed by atoms with van der Waals surface area (Å²) in [6, 6.07) is 20.1. The SMILES string of the molecule is CC(C)N1CCC(=NNC(=O)c2cc(-c3ccccc3)nc3ccccc23)CC1. The number of nitrogens with one attached hydrogen (secondary N) is 1. The lowest BCUT2D eigenvalue weighted by molar-refractivity contribution is 0.0956. The van der Waals surface area contributed by atoms with Crippen molar-refractivity contribution in [3.05, 3.63) is 66.2 Å². The molecule has 1 N–H and O–H groups in total. The number of rotatable bonds is 4. The zero-order valence-electron chi connectivity index (χ0n) is 16.9. The molecule has 3 aromatic rings. The maximum absolute atomic E-state index is 13.0. The molecule has 5 nitrogen and oxygen atoms in total. The fourth-order valence-corrected chi connectivity index (χ4v) is 3.72. The van der Waals surface area contributed by atoms with Crippen molar-refractivity contribution in [1.82, 2.24) is 15.3 Å². The number of amides is 1. The van der Waals surface area contributed by atoms with Crippen molar-refractivity contribution in [3.63, 3.8) is 0 Å². The molecule has 2 heterocycles. The van der Waals surface area contributed by atoms with Crippen LogP contribution >= 0.6 is 0 Å². The molecule has 148 valence electrons. The van der Waals surface area contributed by atoms with Crippen LogP contribution in [0.3, 0.4) is 0 Å². The van der Waals surface area contributed by atoms with Crippen molar-refractivity contribution in [2.75, 3.05) is 13.1 Å². The largest absolute Gasteiger partial charge is 0.300 e. The average Bonchev–Trinajstić information content (AvgIpc) is 2.77. The maximum atomic E-state index is 13.0. The number of likely N-dealkylation sites (tertiary alicyclic amines) is 1. The van der Waals surface area contributed by atoms with Crippen molar-refractivity contribution < 1.29 is 4.79 Å². The minimum absolute atomic E-state index is 0.195. The summed E-state index contributed by atoms with van der Waals surface area (Å²) in [7, 11) is 0. The topological polar surface area (TPSA) is 57.6 Å². The van der Waals surface area contributed by atoms with Gasteiger partial charge in [-0.05, 0) is 26.0 Å². The van der Waals surface area contributed by atoms with Gasteiger partial charge in [0.05, 0.1) is 16.8 Å². The van der Waals surface area contributed by atoms with E-state index >= 15 is 0 Å². The normalized spacial score (nSPS) is 14.9. The Hall–Kier alpha value is -3.05. The first-order chi connectivity index (χ1) is 14.1. The monoisotopic (exact) mass is 386 g/mol. The van der Waals surface area contributed by atoms with Crippen LogP contribution in [0.4, 0.5) is 0 Å². The number of hydrazone groups is 1. The third-order valence-corrected chi connectivity index (χ3v) is 5.45. The maximum Gasteiger partial charge on any atom is 0.272 e. The van der Waals surface area contributed by atoms with Gasteiger partial charge in [-0.15, -0.1) is 0 Å². The zero-order chi connectivity index (χ0) is 20.2. The highest BCUT2D eigenvalue weighted by molar-refractivity contribution is 6.07. The smallest absolute Gasteiger partial charge is 0.272 e. The van der Waals surface area contributed by atoms with Gasteiger partial charge in [-0.3, -0.25) is 4.79 Å². The lowest BCUT2D eigenvalue weighted by atomic mass is 10.0. The number of fused-ring (bicyclic) bond motifs is 1. The second kappa shape index (κ2) is 8.53. The van der Waals surface area contributed by atoms with E-state index in [1.54, 1.807) is 0 Å². The molecular formula is C24H26N4O. The van der Waals surface area contributed by atoms with Gasteiger partial charge in [-0.25, -0.2) is 10.4 Å². The molecule has 5 heteroatoms. The fraction of sp³-hybridized carbons (Fsp3) is 0.292. The molecule has 0 radical (unpaired) electrons. The Bertz CT molecular complexity index is 1030. The molecule has 1 aliphatic heterocycles. The second-order valence-electron chi connectivity index (χ2n) is 7.69. The Morgan fingerprint density at radius 3 is 2.45 bits per heavy atom. The van der Waals surface area contributed by atoms with Crippen LogP contribution in [0.1, 0.15) is 37.0 Å². The Morgan fingerprint density at radius 2 is 1.72 bits per heavy atom. The average molecular weight is 386 g/mol. The molecule has 4 rings (SSSR count). The first-order valence-corrected chi connectivity index (χ1v) is 10.2. The van der Waals surface area contributed by atoms with Crippen LogP contribution < -0.4 is 5.43 Å². The van der Waals surface area contributed by atoms with Crippen LogP contribution in [0.25, 0.3) is 22.2 Å². The van der Waals surface area contributed by atoms with Gasteiger partial charge >= 0.3 is 0 Å². The summed E-state index contributed by atoms with van der Waals surface area (Å²) < 4.78 is 0. The lowest BCUT2D eigenvalue weighted by Gasteiger charge is -2.30. The first-order valence-electron chi connectivity index (χ1n) is 10.2. The molecule has 29 heavy (non-hydrogen) atoms. The molecule has 1 aromatic heterocycles. The molecule has 1 fully saturated rings. The Labute approximate surface area is 171 Å². The molecule has 1 amide bonds. The van der Waals surface area contributed by atoms with Gasteiger partial charge < -0.3 is 4.90 Å². The first kappa shape index (κ1) is 19.3. The Balaban J connectivity index is 1.59. The highest BCUT2D eigenvalue weighted by Crippen LogP contribution is 2.24. The molecular weight excluding hydrogens is 360 g/mol. The van der Waals surface area contributed by atoms with Crippen LogP contribution in [0, 0.1) is 0 Å². The Morgan fingerprint density at radius 1 is 1.03 bits per heavy atom. The van der Waals surface area contributed by atoms with E-state index < -0.39 is 0 Å². The van der Waals surface area contributed by atoms with E-state index in [-0.39, 0.29) is 5.91 Å². The summed E-state index contributed by atoms with van der Waals surface area (Å²) in [6.07, 6.45) is 1.79. The van der Waals surface area contributed by atoms with Gasteiger partial charge in [0.25, 0.3) is 5.91 Å². The van der Waals surface area contributed by atoms with Crippen molar-refractivity contribution in [2.24, 2.45) is 5.10 Å². The zero-order valence-corrected chi connectivity index (χ0v) is 16.9. The third kappa shape index (κ3) is 4.35. The number of carbonyl (C=O) groups excluding carboxylic acids is 1. The van der Waals surface area contributed by atoms with Crippen molar-refractivity contribution in [1.29, 1.82) is 0 Å². The summed E-state index contributed by atoms with van der Waals surface area (Å²) in [5.74, 6) is -0.195. The second-order valence-corrected chi connectivity index (χ2v) is 7.69. The fourth-order valence-electron chi connectivity index (χ4n) is 3.72. The van der Waals surface area contributed by atoms with E-state index in [2.05, 4.69) is 29.3 Å². The molecule has 1 aliphatic rings. The van der Waals surface area contributed by atoms with E-state index in [9.17, 15) is 4.79 Å². The van der Waals surface area contributed by atoms with Crippen molar-refractivity contribution >= 4 is 22.5 Å². The van der Waals surface area contributed by atoms with Crippen LogP contribution in [-0.4, -0.2) is 40.6 Å². The molecule has 0 unspecified atom stereocenters. The molecule has 0 spiro atoms. The standard InChI is InChI=1S/C24H26N4O/c1-17(2)28-14-12-19(13-15-28)26-27-24(29)21-16-23(18-8-4-3-5-9-18)25-22-11-7-6-10-20(21)22/h3-11,16-17H,12-15H2,1-2H3,(H,27,29). The molecule has 1 saturated heterocycles. The van der Waals surface area contributed by atoms with Gasteiger partial charge in [0.15, 0.2) is 0 Å². The molecule has 0 bridgehead atoms. The van der Waals surface area contributed by atoms with Crippen LogP contribution in [0.15, 0.2) is 65.8 Å². The van der Waals surface area contributed by atoms with E-state index in [0.29, 0.717) is 11.6 Å². The highest BCUT2D eigenvalue weighted by atomic mass is 16.2. The lowest BCUT2D eigenvalue weighted by Crippen LogP contribution is -2.39. The summed E-state index contributed by atoms with van der Waals surface area (Å²) in [5.41, 5.74) is 7.01. The van der Waals surface area contributed by atoms with Crippen LogP contribution in [0.2, 0.25) is 0 Å². The predicted molar refractivity (Wildman–Crippen MR) is 118 cm³/mol. The summed E-state index contributed by atoms with van der Waals surface area (Å²) in [6.45, 7) is 6.40. The van der Waals surface area contributed by atoms with Crippen LogP contribution in [-0.2, 0) is 0 Å². The number of carbonyl (C=O) groups is 1. The number of benzene rings is 2. The molecule has 2 aromatic carbocycles.